The zero-order chi connectivity index (χ0) is 17.6. The van der Waals surface area contributed by atoms with E-state index in [1.54, 1.807) is 11.3 Å². The van der Waals surface area contributed by atoms with Gasteiger partial charge in [-0.1, -0.05) is 13.8 Å². The van der Waals surface area contributed by atoms with Gasteiger partial charge in [-0.05, 0) is 39.2 Å². The summed E-state index contributed by atoms with van der Waals surface area (Å²) in [5.41, 5.74) is 1.13. The summed E-state index contributed by atoms with van der Waals surface area (Å²) in [4.78, 5) is 33.8. The maximum Gasteiger partial charge on any atom is 0.262 e. The number of aryl methyl sites for hydroxylation is 3. The Bertz CT molecular complexity index is 842. The van der Waals surface area contributed by atoms with Crippen LogP contribution in [-0.4, -0.2) is 33.4 Å². The number of likely N-dealkylation sites (tertiary alicyclic amines) is 1. The predicted molar refractivity (Wildman–Crippen MR) is 97.8 cm³/mol. The molecule has 1 amide bonds. The largest absolute Gasteiger partial charge is 0.342 e. The van der Waals surface area contributed by atoms with Crippen molar-refractivity contribution in [3.05, 3.63) is 26.6 Å². The normalized spacial score (nSPS) is 16.3. The van der Waals surface area contributed by atoms with Gasteiger partial charge in [0.2, 0.25) is 5.91 Å². The first-order chi connectivity index (χ1) is 11.3. The van der Waals surface area contributed by atoms with Crippen molar-refractivity contribution in [1.82, 2.24) is 14.5 Å². The summed E-state index contributed by atoms with van der Waals surface area (Å²) < 4.78 is 1.86. The van der Waals surface area contributed by atoms with E-state index in [2.05, 4.69) is 4.98 Å². The minimum absolute atomic E-state index is 0.0282. The molecule has 0 bridgehead atoms. The number of carbonyl (C=O) groups is 1. The van der Waals surface area contributed by atoms with Crippen molar-refractivity contribution in [3.63, 3.8) is 0 Å². The molecule has 1 fully saturated rings. The van der Waals surface area contributed by atoms with Gasteiger partial charge < -0.3 is 4.90 Å². The molecule has 0 radical (unpaired) electrons. The Labute approximate surface area is 146 Å². The van der Waals surface area contributed by atoms with Crippen molar-refractivity contribution in [2.24, 2.45) is 5.92 Å². The van der Waals surface area contributed by atoms with Gasteiger partial charge in [-0.25, -0.2) is 4.98 Å². The molecule has 0 atom stereocenters. The zero-order valence-corrected chi connectivity index (χ0v) is 15.9. The second-order valence-electron chi connectivity index (χ2n) is 7.01. The molecule has 0 unspecified atom stereocenters. The van der Waals surface area contributed by atoms with Crippen LogP contribution in [0.1, 0.15) is 49.0 Å². The number of amides is 1. The van der Waals surface area contributed by atoms with E-state index in [1.165, 1.54) is 0 Å². The third kappa shape index (κ3) is 2.77. The van der Waals surface area contributed by atoms with Crippen LogP contribution < -0.4 is 5.56 Å². The van der Waals surface area contributed by atoms with Crippen LogP contribution >= 0.6 is 11.3 Å². The summed E-state index contributed by atoms with van der Waals surface area (Å²) in [5, 5.41) is 0.767. The lowest BCUT2D eigenvalue weighted by Gasteiger charge is -2.34. The molecule has 6 heteroatoms. The summed E-state index contributed by atoms with van der Waals surface area (Å²) in [6.45, 7) is 11.3. The van der Waals surface area contributed by atoms with Crippen LogP contribution in [0.2, 0.25) is 0 Å². The average molecular weight is 347 g/mol. The molecule has 0 N–H and O–H groups in total. The van der Waals surface area contributed by atoms with Crippen molar-refractivity contribution in [2.75, 3.05) is 13.1 Å². The van der Waals surface area contributed by atoms with Crippen LogP contribution in [0.3, 0.4) is 0 Å². The van der Waals surface area contributed by atoms with Gasteiger partial charge in [-0.2, -0.15) is 0 Å². The third-order valence-corrected chi connectivity index (χ3v) is 6.15. The number of thiophene rings is 1. The van der Waals surface area contributed by atoms with Crippen molar-refractivity contribution in [2.45, 2.75) is 53.5 Å². The van der Waals surface area contributed by atoms with Gasteiger partial charge in [0.25, 0.3) is 5.56 Å². The van der Waals surface area contributed by atoms with Gasteiger partial charge >= 0.3 is 0 Å². The van der Waals surface area contributed by atoms with E-state index in [4.69, 9.17) is 0 Å². The van der Waals surface area contributed by atoms with Gasteiger partial charge in [0.15, 0.2) is 0 Å². The van der Waals surface area contributed by atoms with Gasteiger partial charge in [-0.15, -0.1) is 11.3 Å². The number of fused-ring (bicyclic) bond motifs is 1. The molecular formula is C18H25N3O2S. The van der Waals surface area contributed by atoms with Gasteiger partial charge in [-0.3, -0.25) is 14.2 Å². The van der Waals surface area contributed by atoms with Crippen LogP contribution in [0.4, 0.5) is 0 Å². The van der Waals surface area contributed by atoms with Crippen LogP contribution in [-0.2, 0) is 4.79 Å². The minimum atomic E-state index is 0.0282. The molecule has 3 rings (SSSR count). The monoisotopic (exact) mass is 347 g/mol. The van der Waals surface area contributed by atoms with Crippen molar-refractivity contribution >= 4 is 27.5 Å². The molecule has 0 aliphatic carbocycles. The molecule has 0 aromatic carbocycles. The van der Waals surface area contributed by atoms with E-state index >= 15 is 0 Å². The number of rotatable bonds is 2. The number of piperidine rings is 1. The molecule has 1 saturated heterocycles. The summed E-state index contributed by atoms with van der Waals surface area (Å²) >= 11 is 1.59. The Morgan fingerprint density at radius 2 is 1.83 bits per heavy atom. The number of hydrogen-bond donors (Lipinski definition) is 0. The Morgan fingerprint density at radius 3 is 2.42 bits per heavy atom. The predicted octanol–water partition coefficient (Wildman–Crippen LogP) is 3.20. The maximum atomic E-state index is 13.1. The first kappa shape index (κ1) is 17.1. The molecule has 1 aliphatic heterocycles. The molecule has 130 valence electrons. The van der Waals surface area contributed by atoms with Crippen molar-refractivity contribution in [3.8, 4) is 0 Å². The fourth-order valence-electron chi connectivity index (χ4n) is 3.55. The van der Waals surface area contributed by atoms with Crippen molar-refractivity contribution in [1.29, 1.82) is 0 Å². The first-order valence-corrected chi connectivity index (χ1v) is 9.40. The SMILES string of the molecule is Cc1sc2nc(C)n(C3CCN(C(=O)C(C)C)CC3)c(=O)c2c1C. The highest BCUT2D eigenvalue weighted by Gasteiger charge is 2.27. The van der Waals surface area contributed by atoms with E-state index in [9.17, 15) is 9.59 Å². The highest BCUT2D eigenvalue weighted by molar-refractivity contribution is 7.18. The lowest BCUT2D eigenvalue weighted by molar-refractivity contribution is -0.135. The van der Waals surface area contributed by atoms with Gasteiger partial charge in [0, 0.05) is 29.9 Å². The zero-order valence-electron chi connectivity index (χ0n) is 15.0. The minimum Gasteiger partial charge on any atom is -0.342 e. The van der Waals surface area contributed by atoms with Crippen molar-refractivity contribution < 1.29 is 4.79 Å². The van der Waals surface area contributed by atoms with Gasteiger partial charge in [0.05, 0.1) is 5.39 Å². The molecule has 2 aromatic rings. The number of carbonyl (C=O) groups excluding carboxylic acids is 1. The second-order valence-corrected chi connectivity index (χ2v) is 8.21. The van der Waals surface area contributed by atoms with E-state index in [1.807, 2.05) is 44.1 Å². The average Bonchev–Trinajstić information content (AvgIpc) is 2.81. The summed E-state index contributed by atoms with van der Waals surface area (Å²) in [5.74, 6) is 1.01. The Morgan fingerprint density at radius 1 is 1.21 bits per heavy atom. The van der Waals surface area contributed by atoms with E-state index in [0.717, 1.165) is 39.3 Å². The van der Waals surface area contributed by atoms with Gasteiger partial charge in [0.1, 0.15) is 10.7 Å². The molecule has 0 saturated carbocycles. The smallest absolute Gasteiger partial charge is 0.262 e. The molecule has 1 aliphatic rings. The second kappa shape index (κ2) is 6.31. The first-order valence-electron chi connectivity index (χ1n) is 8.59. The molecule has 5 nitrogen and oxygen atoms in total. The number of aromatic nitrogens is 2. The topological polar surface area (TPSA) is 55.2 Å². The molecule has 2 aromatic heterocycles. The Kier molecular flexibility index (Phi) is 4.51. The summed E-state index contributed by atoms with van der Waals surface area (Å²) in [7, 11) is 0. The maximum absolute atomic E-state index is 13.1. The standard InChI is InChI=1S/C18H25N3O2S/c1-10(2)17(22)20-8-6-14(7-9-20)21-13(5)19-16-15(18(21)23)11(3)12(4)24-16/h10,14H,6-9H2,1-5H3. The Hall–Kier alpha value is -1.69. The molecule has 0 spiro atoms. The van der Waals surface area contributed by atoms with E-state index < -0.39 is 0 Å². The lowest BCUT2D eigenvalue weighted by atomic mass is 10.0. The molecular weight excluding hydrogens is 322 g/mol. The van der Waals surface area contributed by atoms with E-state index in [-0.39, 0.29) is 23.4 Å². The number of nitrogens with zero attached hydrogens (tertiary/aromatic N) is 3. The fourth-order valence-corrected chi connectivity index (χ4v) is 4.61. The highest BCUT2D eigenvalue weighted by Crippen LogP contribution is 2.29. The van der Waals surface area contributed by atoms with Crippen LogP contribution in [0.25, 0.3) is 10.2 Å². The number of hydrogen-bond acceptors (Lipinski definition) is 4. The highest BCUT2D eigenvalue weighted by atomic mass is 32.1. The lowest BCUT2D eigenvalue weighted by Crippen LogP contribution is -2.43. The van der Waals surface area contributed by atoms with Crippen LogP contribution in [0.15, 0.2) is 4.79 Å². The fraction of sp³-hybridized carbons (Fsp3) is 0.611. The Balaban J connectivity index is 1.93. The third-order valence-electron chi connectivity index (χ3n) is 5.05. The van der Waals surface area contributed by atoms with E-state index in [0.29, 0.717) is 13.1 Å². The molecule has 3 heterocycles. The van der Waals surface area contributed by atoms with Crippen LogP contribution in [0.5, 0.6) is 0 Å². The molecule has 24 heavy (non-hydrogen) atoms. The van der Waals surface area contributed by atoms with Crippen LogP contribution in [0, 0.1) is 26.7 Å². The summed E-state index contributed by atoms with van der Waals surface area (Å²) in [6.07, 6.45) is 1.63. The summed E-state index contributed by atoms with van der Waals surface area (Å²) in [6, 6.07) is 0.130. The quantitative estimate of drug-likeness (QED) is 0.838.